The summed E-state index contributed by atoms with van der Waals surface area (Å²) >= 11 is 0. The Morgan fingerprint density at radius 2 is 1.96 bits per heavy atom. The fourth-order valence-electron chi connectivity index (χ4n) is 2.73. The van der Waals surface area contributed by atoms with Crippen molar-refractivity contribution >= 4 is 11.9 Å². The molecule has 134 valence electrons. The predicted molar refractivity (Wildman–Crippen MR) is 92.6 cm³/mol. The first-order valence-corrected chi connectivity index (χ1v) is 8.04. The number of hydrogen-bond donors (Lipinski definition) is 2. The number of nitrogens with zero attached hydrogens (tertiary/aromatic N) is 1. The molecule has 1 amide bonds. The van der Waals surface area contributed by atoms with E-state index in [9.17, 15) is 14.7 Å². The number of rotatable bonds is 6. The van der Waals surface area contributed by atoms with Crippen molar-refractivity contribution in [3.05, 3.63) is 65.4 Å². The van der Waals surface area contributed by atoms with Crippen molar-refractivity contribution in [2.75, 3.05) is 0 Å². The Morgan fingerprint density at radius 1 is 1.19 bits per heavy atom. The number of carbonyl (C=O) groups excluding carboxylic acids is 1. The molecule has 3 aromatic rings. The largest absolute Gasteiger partial charge is 0.481 e. The van der Waals surface area contributed by atoms with Crippen LogP contribution in [0.2, 0.25) is 0 Å². The van der Waals surface area contributed by atoms with Crippen molar-refractivity contribution in [1.82, 2.24) is 10.3 Å². The van der Waals surface area contributed by atoms with Crippen LogP contribution in [-0.2, 0) is 4.79 Å². The lowest BCUT2D eigenvalue weighted by molar-refractivity contribution is -0.137. The van der Waals surface area contributed by atoms with Crippen molar-refractivity contribution in [2.45, 2.75) is 26.3 Å². The van der Waals surface area contributed by atoms with E-state index in [0.29, 0.717) is 11.3 Å². The molecule has 0 aliphatic heterocycles. The highest BCUT2D eigenvalue weighted by molar-refractivity contribution is 5.93. The number of carbonyl (C=O) groups is 2. The lowest BCUT2D eigenvalue weighted by atomic mass is 9.98. The van der Waals surface area contributed by atoms with Gasteiger partial charge in [0.1, 0.15) is 12.0 Å². The number of carboxylic acids is 1. The van der Waals surface area contributed by atoms with Crippen LogP contribution in [0, 0.1) is 13.8 Å². The molecule has 0 fully saturated rings. The molecule has 2 heterocycles. The lowest BCUT2D eigenvalue weighted by Crippen LogP contribution is -2.30. The highest BCUT2D eigenvalue weighted by Crippen LogP contribution is 2.24. The third kappa shape index (κ3) is 3.66. The first-order chi connectivity index (χ1) is 12.5. The number of aromatic nitrogens is 1. The molecular formula is C19H18N2O5. The zero-order valence-corrected chi connectivity index (χ0v) is 14.4. The fourth-order valence-corrected chi connectivity index (χ4v) is 2.73. The molecule has 0 saturated carbocycles. The van der Waals surface area contributed by atoms with Gasteiger partial charge in [0.05, 0.1) is 24.3 Å². The van der Waals surface area contributed by atoms with Crippen LogP contribution < -0.4 is 5.32 Å². The Bertz CT molecular complexity index is 941. The molecule has 26 heavy (non-hydrogen) atoms. The highest BCUT2D eigenvalue weighted by Gasteiger charge is 2.23. The fraction of sp³-hybridized carbons (Fsp3) is 0.211. The number of furan rings is 1. The van der Waals surface area contributed by atoms with Gasteiger partial charge in [0.2, 0.25) is 5.89 Å². The summed E-state index contributed by atoms with van der Waals surface area (Å²) in [5.74, 6) is -0.612. The second-order valence-electron chi connectivity index (χ2n) is 5.91. The van der Waals surface area contributed by atoms with E-state index in [-0.39, 0.29) is 18.0 Å². The van der Waals surface area contributed by atoms with E-state index in [0.717, 1.165) is 11.1 Å². The van der Waals surface area contributed by atoms with Crippen LogP contribution in [0.3, 0.4) is 0 Å². The monoisotopic (exact) mass is 354 g/mol. The predicted octanol–water partition coefficient (Wildman–Crippen LogP) is 3.50. The van der Waals surface area contributed by atoms with Gasteiger partial charge in [-0.2, -0.15) is 0 Å². The van der Waals surface area contributed by atoms with Gasteiger partial charge in [0.15, 0.2) is 5.69 Å². The number of hydrogen-bond acceptors (Lipinski definition) is 5. The van der Waals surface area contributed by atoms with Crippen LogP contribution in [0.25, 0.3) is 11.5 Å². The van der Waals surface area contributed by atoms with E-state index in [1.54, 1.807) is 25.1 Å². The third-order valence-electron chi connectivity index (χ3n) is 4.07. The minimum absolute atomic E-state index is 0.0737. The van der Waals surface area contributed by atoms with Gasteiger partial charge < -0.3 is 19.3 Å². The number of aliphatic carboxylic acids is 1. The van der Waals surface area contributed by atoms with Gasteiger partial charge in [-0.3, -0.25) is 9.59 Å². The molecule has 0 radical (unpaired) electrons. The summed E-state index contributed by atoms with van der Waals surface area (Å²) in [6.07, 6.45) is 2.52. The Kier molecular flexibility index (Phi) is 4.88. The second-order valence-corrected chi connectivity index (χ2v) is 5.91. The summed E-state index contributed by atoms with van der Waals surface area (Å²) in [7, 11) is 0. The molecule has 7 nitrogen and oxygen atoms in total. The van der Waals surface area contributed by atoms with Gasteiger partial charge in [-0.15, -0.1) is 0 Å². The Hall–Kier alpha value is -3.35. The summed E-state index contributed by atoms with van der Waals surface area (Å²) in [4.78, 5) is 27.9. The molecule has 0 bridgehead atoms. The SMILES string of the molecule is Cc1ccccc1C(CC(=O)O)NC(=O)c1coc(-c2ccoc2C)n1. The molecule has 0 aliphatic carbocycles. The number of oxazole rings is 1. The number of carboxylic acid groups (broad SMARTS) is 1. The molecule has 2 aromatic heterocycles. The van der Waals surface area contributed by atoms with E-state index in [1.807, 2.05) is 19.1 Å². The van der Waals surface area contributed by atoms with Crippen LogP contribution in [0.5, 0.6) is 0 Å². The Morgan fingerprint density at radius 3 is 2.62 bits per heavy atom. The average molecular weight is 354 g/mol. The van der Waals surface area contributed by atoms with Gasteiger partial charge in [-0.1, -0.05) is 24.3 Å². The lowest BCUT2D eigenvalue weighted by Gasteiger charge is -2.18. The van der Waals surface area contributed by atoms with Crippen molar-refractivity contribution in [2.24, 2.45) is 0 Å². The van der Waals surface area contributed by atoms with Gasteiger partial charge >= 0.3 is 5.97 Å². The van der Waals surface area contributed by atoms with Crippen molar-refractivity contribution < 1.29 is 23.5 Å². The Labute approximate surface area is 149 Å². The molecule has 1 unspecified atom stereocenters. The zero-order chi connectivity index (χ0) is 18.7. The van der Waals surface area contributed by atoms with E-state index in [2.05, 4.69) is 10.3 Å². The number of nitrogens with one attached hydrogen (secondary N) is 1. The van der Waals surface area contributed by atoms with E-state index >= 15 is 0 Å². The molecule has 2 N–H and O–H groups in total. The van der Waals surface area contributed by atoms with Crippen molar-refractivity contribution in [3.8, 4) is 11.5 Å². The standard InChI is InChI=1S/C19H18N2O5/c1-11-5-3-4-6-13(11)15(9-17(22)23)20-18(24)16-10-26-19(21-16)14-7-8-25-12(14)2/h3-8,10,15H,9H2,1-2H3,(H,20,24)(H,22,23). The topological polar surface area (TPSA) is 106 Å². The van der Waals surface area contributed by atoms with Crippen molar-refractivity contribution in [3.63, 3.8) is 0 Å². The molecule has 0 saturated heterocycles. The van der Waals surface area contributed by atoms with Crippen LogP contribution in [0.4, 0.5) is 0 Å². The first-order valence-electron chi connectivity index (χ1n) is 8.04. The maximum absolute atomic E-state index is 12.5. The summed E-state index contributed by atoms with van der Waals surface area (Å²) in [5.41, 5.74) is 2.38. The van der Waals surface area contributed by atoms with Gasteiger partial charge in [0.25, 0.3) is 5.91 Å². The minimum atomic E-state index is -1.01. The maximum Gasteiger partial charge on any atom is 0.305 e. The zero-order valence-electron chi connectivity index (χ0n) is 14.4. The van der Waals surface area contributed by atoms with Crippen molar-refractivity contribution in [1.29, 1.82) is 0 Å². The Balaban J connectivity index is 1.82. The first kappa shape index (κ1) is 17.5. The van der Waals surface area contributed by atoms with Crippen LogP contribution in [0.15, 0.2) is 51.7 Å². The maximum atomic E-state index is 12.5. The van der Waals surface area contributed by atoms with Gasteiger partial charge in [0, 0.05) is 0 Å². The second kappa shape index (κ2) is 7.26. The van der Waals surface area contributed by atoms with Crippen LogP contribution >= 0.6 is 0 Å². The minimum Gasteiger partial charge on any atom is -0.481 e. The van der Waals surface area contributed by atoms with E-state index in [4.69, 9.17) is 8.83 Å². The highest BCUT2D eigenvalue weighted by atomic mass is 16.4. The smallest absolute Gasteiger partial charge is 0.305 e. The number of amides is 1. The van der Waals surface area contributed by atoms with Gasteiger partial charge in [-0.25, -0.2) is 4.98 Å². The third-order valence-corrected chi connectivity index (χ3v) is 4.07. The molecule has 3 rings (SSSR count). The molecule has 7 heteroatoms. The van der Waals surface area contributed by atoms with E-state index in [1.165, 1.54) is 12.5 Å². The molecule has 0 spiro atoms. The van der Waals surface area contributed by atoms with Crippen LogP contribution in [-0.4, -0.2) is 22.0 Å². The number of aryl methyl sites for hydroxylation is 2. The van der Waals surface area contributed by atoms with E-state index < -0.39 is 17.9 Å². The normalized spacial score (nSPS) is 11.9. The molecule has 0 aliphatic rings. The molecule has 1 atom stereocenters. The number of benzene rings is 1. The molecule has 1 aromatic carbocycles. The van der Waals surface area contributed by atoms with Gasteiger partial charge in [-0.05, 0) is 31.0 Å². The summed E-state index contributed by atoms with van der Waals surface area (Å²) < 4.78 is 10.6. The average Bonchev–Trinajstić information content (AvgIpc) is 3.23. The summed E-state index contributed by atoms with van der Waals surface area (Å²) in [6, 6.07) is 8.36. The summed E-state index contributed by atoms with van der Waals surface area (Å²) in [6.45, 7) is 3.63. The quantitative estimate of drug-likeness (QED) is 0.702. The summed E-state index contributed by atoms with van der Waals surface area (Å²) in [5, 5.41) is 11.9. The molecular weight excluding hydrogens is 336 g/mol. The van der Waals surface area contributed by atoms with Crippen LogP contribution in [0.1, 0.15) is 39.8 Å².